The Labute approximate surface area is 50.9 Å². The molecule has 0 saturated carbocycles. The van der Waals surface area contributed by atoms with Gasteiger partial charge in [0.15, 0.2) is 0 Å². The number of nitrogens with one attached hydrogen (secondary N) is 1. The lowest BCUT2D eigenvalue weighted by Gasteiger charge is -1.91. The molecule has 0 unspecified atom stereocenters. The first-order valence-electron chi connectivity index (χ1n) is 2.97. The fourth-order valence-electron chi connectivity index (χ4n) is 0.620. The van der Waals surface area contributed by atoms with Crippen molar-refractivity contribution in [3.05, 3.63) is 11.6 Å². The number of hydrogen-bond acceptors (Lipinski definition) is 1. The predicted molar refractivity (Wildman–Crippen MR) is 37.4 cm³/mol. The Hall–Kier alpha value is -0.590. The highest BCUT2D eigenvalue weighted by Gasteiger charge is 1.81. The van der Waals surface area contributed by atoms with E-state index in [1.807, 2.05) is 6.08 Å². The Bertz CT molecular complexity index is 92.6. The van der Waals surface area contributed by atoms with Crippen molar-refractivity contribution in [2.45, 2.75) is 26.7 Å². The Balaban J connectivity index is 3.44. The molecule has 1 heteroatoms. The molecule has 1 nitrogen and oxygen atoms in total. The fourth-order valence-corrected chi connectivity index (χ4v) is 0.620. The second kappa shape index (κ2) is 4.57. The summed E-state index contributed by atoms with van der Waals surface area (Å²) in [5, 5.41) is 6.71. The van der Waals surface area contributed by atoms with Crippen molar-refractivity contribution in [1.82, 2.24) is 0 Å². The van der Waals surface area contributed by atoms with Gasteiger partial charge in [-0.25, -0.2) is 0 Å². The molecule has 0 atom stereocenters. The van der Waals surface area contributed by atoms with E-state index >= 15 is 0 Å². The summed E-state index contributed by atoms with van der Waals surface area (Å²) in [6.45, 7) is 4.19. The molecule has 0 aliphatic carbocycles. The summed E-state index contributed by atoms with van der Waals surface area (Å²) >= 11 is 0. The maximum atomic E-state index is 6.71. The summed E-state index contributed by atoms with van der Waals surface area (Å²) in [6, 6.07) is 0. The van der Waals surface area contributed by atoms with E-state index < -0.39 is 0 Å². The van der Waals surface area contributed by atoms with Crippen molar-refractivity contribution in [1.29, 1.82) is 5.41 Å². The van der Waals surface area contributed by atoms with E-state index in [2.05, 4.69) is 13.8 Å². The summed E-state index contributed by atoms with van der Waals surface area (Å²) in [4.78, 5) is 0. The first-order chi connectivity index (χ1) is 3.81. The first kappa shape index (κ1) is 7.41. The van der Waals surface area contributed by atoms with Gasteiger partial charge in [-0.1, -0.05) is 18.9 Å². The molecule has 0 rings (SSSR count). The van der Waals surface area contributed by atoms with Gasteiger partial charge in [0, 0.05) is 6.21 Å². The zero-order valence-corrected chi connectivity index (χ0v) is 5.57. The third-order valence-electron chi connectivity index (χ3n) is 1.01. The topological polar surface area (TPSA) is 23.9 Å². The standard InChI is InChI=1S/C7H13N/c1-3-4-7(2)5-6-8/h5-6,8H,3-4H2,1-2H3. The third-order valence-corrected chi connectivity index (χ3v) is 1.01. The fraction of sp³-hybridized carbons (Fsp3) is 0.571. The Morgan fingerprint density at radius 1 is 1.62 bits per heavy atom. The summed E-state index contributed by atoms with van der Waals surface area (Å²) < 4.78 is 0. The summed E-state index contributed by atoms with van der Waals surface area (Å²) in [7, 11) is 0. The van der Waals surface area contributed by atoms with Crippen LogP contribution in [0.2, 0.25) is 0 Å². The van der Waals surface area contributed by atoms with Gasteiger partial charge in [-0.05, 0) is 19.4 Å². The van der Waals surface area contributed by atoms with Crippen LogP contribution < -0.4 is 0 Å². The minimum Gasteiger partial charge on any atom is -0.309 e. The van der Waals surface area contributed by atoms with Gasteiger partial charge in [-0.3, -0.25) is 0 Å². The SMILES string of the molecule is CCCC(C)=CC=N. The Kier molecular flexibility index (Phi) is 4.23. The molecule has 0 aliphatic rings. The van der Waals surface area contributed by atoms with Crippen LogP contribution in [-0.2, 0) is 0 Å². The lowest BCUT2D eigenvalue weighted by atomic mass is 10.2. The molecular formula is C7H13N. The molecule has 0 aromatic carbocycles. The van der Waals surface area contributed by atoms with Crippen molar-refractivity contribution in [2.75, 3.05) is 0 Å². The second-order valence-electron chi connectivity index (χ2n) is 1.93. The molecule has 46 valence electrons. The zero-order chi connectivity index (χ0) is 6.41. The molecule has 0 aromatic rings. The average Bonchev–Trinajstić information content (AvgIpc) is 1.68. The van der Waals surface area contributed by atoms with Gasteiger partial charge in [0.25, 0.3) is 0 Å². The molecular weight excluding hydrogens is 98.1 g/mol. The smallest absolute Gasteiger partial charge is 0.0177 e. The first-order valence-corrected chi connectivity index (χ1v) is 2.97. The van der Waals surface area contributed by atoms with Crippen molar-refractivity contribution in [2.24, 2.45) is 0 Å². The maximum Gasteiger partial charge on any atom is 0.0177 e. The highest BCUT2D eigenvalue weighted by molar-refractivity contribution is 5.68. The Morgan fingerprint density at radius 3 is 2.62 bits per heavy atom. The molecule has 0 fully saturated rings. The predicted octanol–water partition coefficient (Wildman–Crippen LogP) is 2.38. The Morgan fingerprint density at radius 2 is 2.25 bits per heavy atom. The van der Waals surface area contributed by atoms with Crippen molar-refractivity contribution >= 4 is 6.21 Å². The summed E-state index contributed by atoms with van der Waals surface area (Å²) in [6.07, 6.45) is 5.47. The third kappa shape index (κ3) is 3.59. The normalized spacial score (nSPS) is 11.5. The molecule has 0 radical (unpaired) electrons. The van der Waals surface area contributed by atoms with Crippen LogP contribution in [0.15, 0.2) is 11.6 Å². The van der Waals surface area contributed by atoms with Crippen LogP contribution in [-0.4, -0.2) is 6.21 Å². The number of allylic oxidation sites excluding steroid dienone is 2. The van der Waals surface area contributed by atoms with Crippen molar-refractivity contribution < 1.29 is 0 Å². The van der Waals surface area contributed by atoms with Crippen LogP contribution in [0.1, 0.15) is 26.7 Å². The minimum atomic E-state index is 1.12. The molecule has 0 bridgehead atoms. The summed E-state index contributed by atoms with van der Waals surface area (Å²) in [5.74, 6) is 0. The minimum absolute atomic E-state index is 1.12. The van der Waals surface area contributed by atoms with Gasteiger partial charge in [0.1, 0.15) is 0 Å². The summed E-state index contributed by atoms with van der Waals surface area (Å²) in [5.41, 5.74) is 1.29. The van der Waals surface area contributed by atoms with Crippen molar-refractivity contribution in [3.8, 4) is 0 Å². The highest BCUT2D eigenvalue weighted by atomic mass is 14.3. The quantitative estimate of drug-likeness (QED) is 0.541. The van der Waals surface area contributed by atoms with E-state index in [9.17, 15) is 0 Å². The van der Waals surface area contributed by atoms with Crippen LogP contribution in [0.4, 0.5) is 0 Å². The molecule has 8 heavy (non-hydrogen) atoms. The molecule has 1 N–H and O–H groups in total. The molecule has 0 amide bonds. The van der Waals surface area contributed by atoms with Crippen LogP contribution >= 0.6 is 0 Å². The van der Waals surface area contributed by atoms with Gasteiger partial charge < -0.3 is 5.41 Å². The molecule has 0 saturated heterocycles. The molecule has 0 spiro atoms. The second-order valence-corrected chi connectivity index (χ2v) is 1.93. The monoisotopic (exact) mass is 111 g/mol. The van der Waals surface area contributed by atoms with Crippen LogP contribution in [0.5, 0.6) is 0 Å². The highest BCUT2D eigenvalue weighted by Crippen LogP contribution is 2.00. The van der Waals surface area contributed by atoms with Crippen LogP contribution in [0.25, 0.3) is 0 Å². The van der Waals surface area contributed by atoms with Gasteiger partial charge in [-0.2, -0.15) is 0 Å². The van der Waals surface area contributed by atoms with E-state index in [1.165, 1.54) is 18.2 Å². The average molecular weight is 111 g/mol. The van der Waals surface area contributed by atoms with Gasteiger partial charge in [0.2, 0.25) is 0 Å². The largest absolute Gasteiger partial charge is 0.309 e. The van der Waals surface area contributed by atoms with Crippen LogP contribution in [0, 0.1) is 5.41 Å². The molecule has 0 aliphatic heterocycles. The van der Waals surface area contributed by atoms with E-state index in [0.717, 1.165) is 6.42 Å². The van der Waals surface area contributed by atoms with Crippen LogP contribution in [0.3, 0.4) is 0 Å². The van der Waals surface area contributed by atoms with E-state index in [4.69, 9.17) is 5.41 Å². The number of hydrogen-bond donors (Lipinski definition) is 1. The van der Waals surface area contributed by atoms with Gasteiger partial charge in [0.05, 0.1) is 0 Å². The van der Waals surface area contributed by atoms with Gasteiger partial charge >= 0.3 is 0 Å². The van der Waals surface area contributed by atoms with Crippen molar-refractivity contribution in [3.63, 3.8) is 0 Å². The number of rotatable bonds is 3. The molecule has 0 aromatic heterocycles. The maximum absolute atomic E-state index is 6.71. The van der Waals surface area contributed by atoms with E-state index in [-0.39, 0.29) is 0 Å². The van der Waals surface area contributed by atoms with E-state index in [1.54, 1.807) is 0 Å². The zero-order valence-electron chi connectivity index (χ0n) is 5.57. The van der Waals surface area contributed by atoms with E-state index in [0.29, 0.717) is 0 Å². The lowest BCUT2D eigenvalue weighted by molar-refractivity contribution is 0.907. The lowest BCUT2D eigenvalue weighted by Crippen LogP contribution is -1.73. The molecule has 0 heterocycles. The van der Waals surface area contributed by atoms with Gasteiger partial charge in [-0.15, -0.1) is 0 Å².